The molecule has 0 fully saturated rings. The van der Waals surface area contributed by atoms with Crippen molar-refractivity contribution >= 4 is 78.2 Å². The quantitative estimate of drug-likeness (QED) is 0.0409. The molecule has 306 valence electrons. The molecule has 0 saturated heterocycles. The molecular weight excluding hydrogens is 882 g/mol. The molecule has 3 aromatic rings. The summed E-state index contributed by atoms with van der Waals surface area (Å²) in [5.41, 5.74) is 10.6. The Morgan fingerprint density at radius 2 is 0.684 bits per heavy atom. The Morgan fingerprint density at radius 1 is 0.404 bits per heavy atom. The molecule has 7 heteroatoms. The number of nitrogens with zero attached hydrogens (tertiary/aromatic N) is 4. The molecule has 5 rings (SSSR count). The third-order valence-corrected chi connectivity index (χ3v) is 13.6. The van der Waals surface area contributed by atoms with Crippen molar-refractivity contribution < 1.29 is 19.5 Å². The number of aromatic nitrogens is 4. The molecule has 0 aliphatic carbocycles. The summed E-state index contributed by atoms with van der Waals surface area (Å²) in [5, 5.41) is 0. The van der Waals surface area contributed by atoms with Gasteiger partial charge in [0, 0.05) is 8.95 Å². The van der Waals surface area contributed by atoms with Gasteiger partial charge in [-0.1, -0.05) is 180 Å². The molecule has 2 aliphatic rings. The molecule has 57 heavy (non-hydrogen) atoms. The van der Waals surface area contributed by atoms with Crippen LogP contribution in [0.4, 0.5) is 0 Å². The van der Waals surface area contributed by atoms with Crippen LogP contribution in [0.15, 0.2) is 33.2 Å². The van der Waals surface area contributed by atoms with Crippen molar-refractivity contribution in [2.45, 2.75) is 194 Å². The first-order valence-corrected chi connectivity index (χ1v) is 24.4. The molecule has 8 bridgehead atoms. The summed E-state index contributed by atoms with van der Waals surface area (Å²) in [4.78, 5) is 21.5. The van der Waals surface area contributed by atoms with Gasteiger partial charge in [-0.15, -0.1) is 22.1 Å². The van der Waals surface area contributed by atoms with E-state index >= 15 is 0 Å². The van der Waals surface area contributed by atoms with E-state index in [-0.39, 0.29) is 19.5 Å². The summed E-state index contributed by atoms with van der Waals surface area (Å²) in [6.07, 6.45) is 39.3. The van der Waals surface area contributed by atoms with Gasteiger partial charge in [-0.3, -0.25) is 0 Å². The van der Waals surface area contributed by atoms with Gasteiger partial charge >= 0.3 is 19.5 Å². The topological polar surface area (TPSA) is 54.0 Å². The number of rotatable bonds is 26. The number of halogens is 2. The third-order valence-electron chi connectivity index (χ3n) is 12.0. The van der Waals surface area contributed by atoms with Crippen molar-refractivity contribution in [3.63, 3.8) is 0 Å². The van der Waals surface area contributed by atoms with E-state index in [4.69, 9.17) is 19.9 Å². The monoisotopic (exact) mass is 948 g/mol. The molecule has 2 unspecified atom stereocenters. The Morgan fingerprint density at radius 3 is 1.04 bits per heavy atom. The molecule has 5 heterocycles. The average Bonchev–Trinajstić information content (AvgIpc) is 4.05. The van der Waals surface area contributed by atoms with E-state index in [1.807, 2.05) is 0 Å². The fraction of sp³-hybridized carbons (Fsp3) is 0.600. The van der Waals surface area contributed by atoms with E-state index in [0.29, 0.717) is 11.8 Å². The predicted octanol–water partition coefficient (Wildman–Crippen LogP) is 17.0. The molecule has 0 radical (unpaired) electrons. The Balaban J connectivity index is 0.00000720. The second kappa shape index (κ2) is 26.4. The van der Waals surface area contributed by atoms with E-state index in [2.05, 4.69) is 108 Å². The Bertz CT molecular complexity index is 1740. The van der Waals surface area contributed by atoms with E-state index in [0.717, 1.165) is 53.8 Å². The van der Waals surface area contributed by atoms with Crippen molar-refractivity contribution in [3.8, 4) is 0 Å². The van der Waals surface area contributed by atoms with Crippen LogP contribution in [0.3, 0.4) is 0 Å². The normalized spacial score (nSPS) is 13.3. The van der Waals surface area contributed by atoms with Crippen LogP contribution in [0.2, 0.25) is 0 Å². The fourth-order valence-corrected chi connectivity index (χ4v) is 9.63. The van der Waals surface area contributed by atoms with E-state index in [1.165, 1.54) is 165 Å². The molecule has 0 spiro atoms. The first kappa shape index (κ1) is 47.9. The maximum atomic E-state index is 5.38. The summed E-state index contributed by atoms with van der Waals surface area (Å²) in [5.74, 6) is 0.815. The second-order valence-corrected chi connectivity index (χ2v) is 18.1. The molecule has 2 aliphatic heterocycles. The van der Waals surface area contributed by atoms with Crippen LogP contribution in [0.1, 0.15) is 228 Å². The van der Waals surface area contributed by atoms with Crippen molar-refractivity contribution in [2.75, 3.05) is 0 Å². The van der Waals surface area contributed by atoms with Crippen LogP contribution in [0.25, 0.3) is 46.4 Å². The first-order valence-electron chi connectivity index (χ1n) is 22.8. The zero-order chi connectivity index (χ0) is 39.5. The molecule has 2 atom stereocenters. The predicted molar refractivity (Wildman–Crippen MR) is 251 cm³/mol. The van der Waals surface area contributed by atoms with Crippen LogP contribution in [0, 0.1) is 0 Å². The maximum Gasteiger partial charge on any atom is 2.00 e. The van der Waals surface area contributed by atoms with Gasteiger partial charge in [0.15, 0.2) is 0 Å². The van der Waals surface area contributed by atoms with E-state index in [9.17, 15) is 0 Å². The molecule has 0 aromatic carbocycles. The molecular formula is C50H70Br2N4Zn. The minimum atomic E-state index is 0. The van der Waals surface area contributed by atoms with Gasteiger partial charge in [0.2, 0.25) is 0 Å². The molecule has 3 aromatic heterocycles. The number of unbranched alkanes of at least 4 members (excludes halogenated alkanes) is 16. The molecule has 4 nitrogen and oxygen atoms in total. The van der Waals surface area contributed by atoms with Gasteiger partial charge in [-0.25, -0.2) is 9.97 Å². The number of fused-ring (bicyclic) bond motifs is 8. The molecule has 0 N–H and O–H groups in total. The summed E-state index contributed by atoms with van der Waals surface area (Å²) >= 11 is 8.03. The largest absolute Gasteiger partial charge is 2.00 e. The first-order chi connectivity index (χ1) is 27.5. The standard InChI is InChI=1S/C50H70Br2N4.Zn/c1-5-9-13-17-19-23-27-37(25-21-15-11-7-3)47-39-29-33-43(53-39)49(51)45-35-31-41(55-45)48(38(26-22-16-12-8-4)28-24-20-18-14-10-6-2)42-32-36-46(56-42)50(52)44-34-30-40(47)54-44;/h29-38H,5-28H2,1-4H3;/q-2;+2. The Hall–Kier alpha value is -1.82. The minimum Gasteiger partial charge on any atom is -0.657 e. The summed E-state index contributed by atoms with van der Waals surface area (Å²) in [7, 11) is 0. The van der Waals surface area contributed by atoms with Gasteiger partial charge in [0.25, 0.3) is 0 Å². The third kappa shape index (κ3) is 14.1. The zero-order valence-electron chi connectivity index (χ0n) is 36.0. The van der Waals surface area contributed by atoms with Crippen LogP contribution < -0.4 is 9.97 Å². The minimum absolute atomic E-state index is 0. The summed E-state index contributed by atoms with van der Waals surface area (Å²) in [6.45, 7) is 9.20. The number of hydrogen-bond donors (Lipinski definition) is 0. The van der Waals surface area contributed by atoms with Gasteiger partial charge in [0.1, 0.15) is 0 Å². The van der Waals surface area contributed by atoms with E-state index < -0.39 is 0 Å². The zero-order valence-corrected chi connectivity index (χ0v) is 42.1. The van der Waals surface area contributed by atoms with Crippen LogP contribution in [-0.4, -0.2) is 9.97 Å². The maximum absolute atomic E-state index is 5.38. The van der Waals surface area contributed by atoms with E-state index in [1.54, 1.807) is 0 Å². The summed E-state index contributed by atoms with van der Waals surface area (Å²) in [6, 6.07) is 8.83. The van der Waals surface area contributed by atoms with Crippen LogP contribution in [0.5, 0.6) is 0 Å². The Labute approximate surface area is 375 Å². The van der Waals surface area contributed by atoms with Gasteiger partial charge in [-0.2, -0.15) is 0 Å². The molecule has 0 saturated carbocycles. The number of hydrogen-bond acceptors (Lipinski definition) is 2. The van der Waals surface area contributed by atoms with Crippen molar-refractivity contribution in [2.24, 2.45) is 0 Å². The average molecular weight is 952 g/mol. The van der Waals surface area contributed by atoms with Crippen LogP contribution in [-0.2, 0) is 19.5 Å². The molecule has 0 amide bonds. The van der Waals surface area contributed by atoms with Crippen molar-refractivity contribution in [1.82, 2.24) is 19.9 Å². The van der Waals surface area contributed by atoms with Gasteiger partial charge in [0.05, 0.1) is 22.8 Å². The fourth-order valence-electron chi connectivity index (χ4n) is 8.74. The van der Waals surface area contributed by atoms with Crippen molar-refractivity contribution in [3.05, 3.63) is 67.1 Å². The summed E-state index contributed by atoms with van der Waals surface area (Å²) < 4.78 is 1.91. The van der Waals surface area contributed by atoms with Gasteiger partial charge in [-0.05, 0) is 105 Å². The van der Waals surface area contributed by atoms with Crippen molar-refractivity contribution in [1.29, 1.82) is 0 Å². The second-order valence-electron chi connectivity index (χ2n) is 16.5. The smallest absolute Gasteiger partial charge is 0.657 e. The Kier molecular flexibility index (Phi) is 22.2. The SMILES string of the molecule is CCCCCCCCC(CCCCCC)c1c2nc(c(Br)c3ccc([n-]3)c(C(CCCCCC)CCCCCCCC)c3nc(c(Br)c4ccc1[n-]4)C=C3)C=C2.[Zn+2]. The van der Waals surface area contributed by atoms with Gasteiger partial charge < -0.3 is 9.97 Å². The van der Waals surface area contributed by atoms with Crippen LogP contribution >= 0.6 is 31.9 Å².